The van der Waals surface area contributed by atoms with Gasteiger partial charge in [0.25, 0.3) is 0 Å². The molecule has 0 unspecified atom stereocenters. The first-order valence-electron chi connectivity index (χ1n) is 10.8. The third-order valence-electron chi connectivity index (χ3n) is 5.30. The summed E-state index contributed by atoms with van der Waals surface area (Å²) in [5.41, 5.74) is 8.07. The highest BCUT2D eigenvalue weighted by atomic mass is 14.1. The van der Waals surface area contributed by atoms with Gasteiger partial charge >= 0.3 is 0 Å². The van der Waals surface area contributed by atoms with Gasteiger partial charge in [0.2, 0.25) is 0 Å². The van der Waals surface area contributed by atoms with E-state index in [1.165, 1.54) is 33.4 Å². The van der Waals surface area contributed by atoms with E-state index in [1.807, 2.05) is 0 Å². The molecule has 0 radical (unpaired) electrons. The van der Waals surface area contributed by atoms with Gasteiger partial charge in [-0.1, -0.05) is 104 Å². The molecule has 3 rings (SSSR count). The zero-order valence-electron chi connectivity index (χ0n) is 17.8. The minimum Gasteiger partial charge on any atom is -0.0917 e. The highest BCUT2D eigenvalue weighted by Crippen LogP contribution is 2.21. The van der Waals surface area contributed by atoms with Crippen molar-refractivity contribution >= 4 is 6.08 Å². The van der Waals surface area contributed by atoms with Crippen LogP contribution in [0.15, 0.2) is 91.0 Å². The van der Waals surface area contributed by atoms with Gasteiger partial charge in [-0.2, -0.15) is 0 Å². The Labute approximate surface area is 176 Å². The van der Waals surface area contributed by atoms with Crippen LogP contribution in [0.5, 0.6) is 0 Å². The summed E-state index contributed by atoms with van der Waals surface area (Å²) in [4.78, 5) is 0. The Morgan fingerprint density at radius 3 is 1.55 bits per heavy atom. The van der Waals surface area contributed by atoms with Crippen LogP contribution in [-0.4, -0.2) is 0 Å². The molecule has 0 atom stereocenters. The van der Waals surface area contributed by atoms with Crippen molar-refractivity contribution in [3.05, 3.63) is 113 Å². The van der Waals surface area contributed by atoms with Crippen molar-refractivity contribution in [1.82, 2.24) is 0 Å². The zero-order valence-corrected chi connectivity index (χ0v) is 17.8. The molecule has 0 aliphatic carbocycles. The molecule has 148 valence electrons. The number of aryl methyl sites for hydroxylation is 3. The Kier molecular flexibility index (Phi) is 8.07. The number of benzene rings is 3. The fourth-order valence-electron chi connectivity index (χ4n) is 3.48. The van der Waals surface area contributed by atoms with Crippen LogP contribution < -0.4 is 0 Å². The molecule has 0 N–H and O–H groups in total. The van der Waals surface area contributed by atoms with E-state index in [0.717, 1.165) is 32.1 Å². The van der Waals surface area contributed by atoms with Crippen LogP contribution in [0, 0.1) is 0 Å². The molecule has 0 heteroatoms. The standard InChI is InChI=1S/C29H32/c1-3-5-7-9-25-16-20-28(21-17-25)29-22-18-27(19-23-29)15-14-26-12-10-24(11-13-26)8-6-4-2/h3,5-6,8,10-13,16-23H,4,7,9,14-15H2,1-2H3/b5-3+,8-6+. The Hall–Kier alpha value is -2.86. The first-order chi connectivity index (χ1) is 14.3. The molecule has 0 saturated carbocycles. The molecule has 0 nitrogen and oxygen atoms in total. The topological polar surface area (TPSA) is 0 Å². The summed E-state index contributed by atoms with van der Waals surface area (Å²) in [7, 11) is 0. The Morgan fingerprint density at radius 2 is 1.07 bits per heavy atom. The Morgan fingerprint density at radius 1 is 0.586 bits per heavy atom. The summed E-state index contributed by atoms with van der Waals surface area (Å²) in [6.45, 7) is 4.24. The molecule has 0 fully saturated rings. The molecule has 0 heterocycles. The average molecular weight is 381 g/mol. The second kappa shape index (κ2) is 11.2. The maximum absolute atomic E-state index is 2.27. The van der Waals surface area contributed by atoms with Crippen molar-refractivity contribution in [2.75, 3.05) is 0 Å². The highest BCUT2D eigenvalue weighted by Gasteiger charge is 2.01. The lowest BCUT2D eigenvalue weighted by atomic mass is 9.98. The lowest BCUT2D eigenvalue weighted by Gasteiger charge is -2.07. The van der Waals surface area contributed by atoms with Crippen LogP contribution in [0.4, 0.5) is 0 Å². The maximum atomic E-state index is 2.27. The van der Waals surface area contributed by atoms with Crippen molar-refractivity contribution < 1.29 is 0 Å². The van der Waals surface area contributed by atoms with E-state index in [0.29, 0.717) is 0 Å². The Bertz CT molecular complexity index is 907. The smallest absolute Gasteiger partial charge is 0.0184 e. The maximum Gasteiger partial charge on any atom is -0.0184 e. The van der Waals surface area contributed by atoms with Gasteiger partial charge < -0.3 is 0 Å². The molecule has 0 aromatic heterocycles. The van der Waals surface area contributed by atoms with Crippen LogP contribution in [0.3, 0.4) is 0 Å². The normalized spacial score (nSPS) is 11.5. The van der Waals surface area contributed by atoms with Crippen molar-refractivity contribution in [2.45, 2.75) is 46.0 Å². The van der Waals surface area contributed by atoms with E-state index in [1.54, 1.807) is 0 Å². The van der Waals surface area contributed by atoms with Crippen molar-refractivity contribution in [1.29, 1.82) is 0 Å². The predicted molar refractivity (Wildman–Crippen MR) is 128 cm³/mol. The van der Waals surface area contributed by atoms with E-state index in [2.05, 4.69) is 111 Å². The third kappa shape index (κ3) is 6.61. The molecule has 0 spiro atoms. The number of rotatable bonds is 9. The monoisotopic (exact) mass is 380 g/mol. The van der Waals surface area contributed by atoms with Crippen molar-refractivity contribution in [3.63, 3.8) is 0 Å². The molecule has 0 aliphatic rings. The largest absolute Gasteiger partial charge is 0.0917 e. The summed E-state index contributed by atoms with van der Waals surface area (Å²) >= 11 is 0. The van der Waals surface area contributed by atoms with Gasteiger partial charge in [0.15, 0.2) is 0 Å². The predicted octanol–water partition coefficient (Wildman–Crippen LogP) is 8.07. The van der Waals surface area contributed by atoms with E-state index in [-0.39, 0.29) is 0 Å². The fraction of sp³-hybridized carbons (Fsp3) is 0.241. The van der Waals surface area contributed by atoms with Crippen LogP contribution >= 0.6 is 0 Å². The molecule has 0 saturated heterocycles. The number of hydrogen-bond acceptors (Lipinski definition) is 0. The molecule has 3 aromatic carbocycles. The molecule has 3 aromatic rings. The minimum absolute atomic E-state index is 1.08. The second-order valence-electron chi connectivity index (χ2n) is 7.55. The van der Waals surface area contributed by atoms with Gasteiger partial charge in [0.05, 0.1) is 0 Å². The molecule has 29 heavy (non-hydrogen) atoms. The first kappa shape index (κ1) is 20.9. The van der Waals surface area contributed by atoms with Gasteiger partial charge in [-0.3, -0.25) is 0 Å². The van der Waals surface area contributed by atoms with Gasteiger partial charge in [-0.25, -0.2) is 0 Å². The van der Waals surface area contributed by atoms with Crippen molar-refractivity contribution in [3.8, 4) is 11.1 Å². The minimum atomic E-state index is 1.08. The lowest BCUT2D eigenvalue weighted by Crippen LogP contribution is -1.91. The quantitative estimate of drug-likeness (QED) is 0.329. The number of allylic oxidation sites excluding steroid dienone is 3. The van der Waals surface area contributed by atoms with E-state index >= 15 is 0 Å². The summed E-state index contributed by atoms with van der Waals surface area (Å²) in [6.07, 6.45) is 14.2. The SMILES string of the molecule is C/C=C/CCc1ccc(-c2ccc(CCc3ccc(/C=C/CC)cc3)cc2)cc1. The van der Waals surface area contributed by atoms with Crippen molar-refractivity contribution in [2.24, 2.45) is 0 Å². The van der Waals surface area contributed by atoms with Gasteiger partial charge in [0, 0.05) is 0 Å². The summed E-state index contributed by atoms with van der Waals surface area (Å²) in [6, 6.07) is 27.0. The van der Waals surface area contributed by atoms with Crippen LogP contribution in [-0.2, 0) is 19.3 Å². The van der Waals surface area contributed by atoms with Gasteiger partial charge in [0.1, 0.15) is 0 Å². The molecule has 0 amide bonds. The van der Waals surface area contributed by atoms with E-state index < -0.39 is 0 Å². The van der Waals surface area contributed by atoms with Crippen LogP contribution in [0.2, 0.25) is 0 Å². The molecule has 0 aliphatic heterocycles. The van der Waals surface area contributed by atoms with E-state index in [9.17, 15) is 0 Å². The summed E-state index contributed by atoms with van der Waals surface area (Å²) in [5, 5.41) is 0. The lowest BCUT2D eigenvalue weighted by molar-refractivity contribution is 0.960. The summed E-state index contributed by atoms with van der Waals surface area (Å²) < 4.78 is 0. The fourth-order valence-corrected chi connectivity index (χ4v) is 3.48. The zero-order chi connectivity index (χ0) is 20.3. The second-order valence-corrected chi connectivity index (χ2v) is 7.55. The van der Waals surface area contributed by atoms with Gasteiger partial charge in [-0.15, -0.1) is 0 Å². The van der Waals surface area contributed by atoms with Crippen LogP contribution in [0.25, 0.3) is 17.2 Å². The van der Waals surface area contributed by atoms with Crippen LogP contribution in [0.1, 0.15) is 48.9 Å². The summed E-state index contributed by atoms with van der Waals surface area (Å²) in [5.74, 6) is 0. The van der Waals surface area contributed by atoms with E-state index in [4.69, 9.17) is 0 Å². The average Bonchev–Trinajstić information content (AvgIpc) is 2.78. The molecular formula is C29H32. The molecule has 0 bridgehead atoms. The van der Waals surface area contributed by atoms with Gasteiger partial charge in [-0.05, 0) is 72.4 Å². The third-order valence-corrected chi connectivity index (χ3v) is 5.30. The first-order valence-corrected chi connectivity index (χ1v) is 10.8. The Balaban J connectivity index is 1.55. The highest BCUT2D eigenvalue weighted by molar-refractivity contribution is 5.64. The number of hydrogen-bond donors (Lipinski definition) is 0. The molecular weight excluding hydrogens is 348 g/mol.